The third-order valence-corrected chi connectivity index (χ3v) is 4.24. The summed E-state index contributed by atoms with van der Waals surface area (Å²) in [5, 5.41) is 11.1. The highest BCUT2D eigenvalue weighted by Crippen LogP contribution is 2.29. The first-order valence-electron chi connectivity index (χ1n) is 7.98. The van der Waals surface area contributed by atoms with E-state index in [0.29, 0.717) is 12.4 Å². The summed E-state index contributed by atoms with van der Waals surface area (Å²) in [6, 6.07) is 18.3. The molecule has 0 aliphatic rings. The van der Waals surface area contributed by atoms with Gasteiger partial charge in [0.05, 0.1) is 0 Å². The Morgan fingerprint density at radius 2 is 1.78 bits per heavy atom. The summed E-state index contributed by atoms with van der Waals surface area (Å²) >= 11 is 0. The molecule has 1 N–H and O–H groups in total. The summed E-state index contributed by atoms with van der Waals surface area (Å²) in [5.41, 5.74) is 2.15. The predicted octanol–water partition coefficient (Wildman–Crippen LogP) is 3.75. The van der Waals surface area contributed by atoms with Gasteiger partial charge in [-0.25, -0.2) is 4.98 Å². The van der Waals surface area contributed by atoms with Crippen LogP contribution in [0.5, 0.6) is 0 Å². The smallest absolute Gasteiger partial charge is 0.145 e. The van der Waals surface area contributed by atoms with Crippen molar-refractivity contribution in [2.45, 2.75) is 32.4 Å². The van der Waals surface area contributed by atoms with Crippen LogP contribution in [0.4, 0.5) is 0 Å². The Morgan fingerprint density at radius 3 is 2.52 bits per heavy atom. The lowest BCUT2D eigenvalue weighted by atomic mass is 9.93. The van der Waals surface area contributed by atoms with E-state index in [1.54, 1.807) is 6.20 Å². The largest absolute Gasteiger partial charge is 0.377 e. The highest BCUT2D eigenvalue weighted by molar-refractivity contribution is 5.33. The molecule has 0 amide bonds. The topological polar surface area (TPSA) is 38.1 Å². The maximum atomic E-state index is 11.1. The molecule has 23 heavy (non-hydrogen) atoms. The van der Waals surface area contributed by atoms with E-state index in [9.17, 15) is 5.11 Å². The van der Waals surface area contributed by atoms with E-state index < -0.39 is 5.60 Å². The normalized spacial score (nSPS) is 13.7. The van der Waals surface area contributed by atoms with E-state index in [0.717, 1.165) is 12.0 Å². The molecule has 3 rings (SSSR count). The van der Waals surface area contributed by atoms with Crippen LogP contribution in [-0.4, -0.2) is 14.7 Å². The molecule has 1 atom stereocenters. The van der Waals surface area contributed by atoms with Gasteiger partial charge in [-0.1, -0.05) is 61.5 Å². The Kier molecular flexibility index (Phi) is 4.30. The fourth-order valence-corrected chi connectivity index (χ4v) is 2.87. The Balaban J connectivity index is 1.96. The average Bonchev–Trinajstić information content (AvgIpc) is 3.05. The van der Waals surface area contributed by atoms with Crippen LogP contribution >= 0.6 is 0 Å². The number of aryl methyl sites for hydroxylation is 1. The maximum absolute atomic E-state index is 11.1. The van der Waals surface area contributed by atoms with Gasteiger partial charge in [0.15, 0.2) is 0 Å². The van der Waals surface area contributed by atoms with Crippen molar-refractivity contribution in [3.63, 3.8) is 0 Å². The van der Waals surface area contributed by atoms with Gasteiger partial charge in [0.2, 0.25) is 0 Å². The predicted molar refractivity (Wildman–Crippen MR) is 92.3 cm³/mol. The highest BCUT2D eigenvalue weighted by atomic mass is 16.3. The minimum absolute atomic E-state index is 0.662. The molecule has 3 heteroatoms. The molecular formula is C20H22N2O. The average molecular weight is 306 g/mol. The molecule has 0 saturated heterocycles. The zero-order valence-electron chi connectivity index (χ0n) is 13.6. The zero-order valence-corrected chi connectivity index (χ0v) is 13.6. The third kappa shape index (κ3) is 3.20. The highest BCUT2D eigenvalue weighted by Gasteiger charge is 2.30. The fourth-order valence-electron chi connectivity index (χ4n) is 2.87. The van der Waals surface area contributed by atoms with Crippen molar-refractivity contribution in [1.29, 1.82) is 0 Å². The quantitative estimate of drug-likeness (QED) is 0.779. The van der Waals surface area contributed by atoms with Crippen LogP contribution in [0.15, 0.2) is 67.0 Å². The number of imidazole rings is 1. The molecule has 1 unspecified atom stereocenters. The first-order valence-corrected chi connectivity index (χ1v) is 7.98. The summed E-state index contributed by atoms with van der Waals surface area (Å²) in [4.78, 5) is 4.43. The lowest BCUT2D eigenvalue weighted by Gasteiger charge is -2.25. The Bertz CT molecular complexity index is 775. The molecule has 0 radical (unpaired) electrons. The number of rotatable bonds is 5. The first-order chi connectivity index (χ1) is 11.1. The van der Waals surface area contributed by atoms with Crippen LogP contribution in [-0.2, 0) is 18.6 Å². The SMILES string of the molecule is CCc1cccc(C(C)(O)c2nccn2Cc2ccccc2)c1. The Morgan fingerprint density at radius 1 is 1.04 bits per heavy atom. The van der Waals surface area contributed by atoms with Crippen molar-refractivity contribution in [3.05, 3.63) is 89.5 Å². The molecule has 2 aromatic carbocycles. The molecule has 0 saturated carbocycles. The summed E-state index contributed by atoms with van der Waals surface area (Å²) in [6.07, 6.45) is 4.61. The molecule has 0 aliphatic carbocycles. The number of hydrogen-bond acceptors (Lipinski definition) is 2. The van der Waals surface area contributed by atoms with E-state index in [1.165, 1.54) is 11.1 Å². The van der Waals surface area contributed by atoms with Gasteiger partial charge >= 0.3 is 0 Å². The standard InChI is InChI=1S/C20H22N2O/c1-3-16-10-7-11-18(14-16)20(2,23)19-21-12-13-22(19)15-17-8-5-4-6-9-17/h4-14,23H,3,15H2,1-2H3. The summed E-state index contributed by atoms with van der Waals surface area (Å²) < 4.78 is 2.01. The maximum Gasteiger partial charge on any atom is 0.145 e. The van der Waals surface area contributed by atoms with E-state index in [2.05, 4.69) is 36.2 Å². The van der Waals surface area contributed by atoms with Crippen molar-refractivity contribution in [3.8, 4) is 0 Å². The van der Waals surface area contributed by atoms with Crippen LogP contribution in [0, 0.1) is 0 Å². The van der Waals surface area contributed by atoms with Gasteiger partial charge in [0.25, 0.3) is 0 Å². The minimum atomic E-state index is -1.12. The molecule has 3 aromatic rings. The second kappa shape index (κ2) is 6.39. The number of benzene rings is 2. The van der Waals surface area contributed by atoms with Crippen LogP contribution in [0.2, 0.25) is 0 Å². The molecule has 0 fully saturated rings. The van der Waals surface area contributed by atoms with Crippen molar-refractivity contribution in [1.82, 2.24) is 9.55 Å². The van der Waals surface area contributed by atoms with Crippen molar-refractivity contribution in [2.75, 3.05) is 0 Å². The van der Waals surface area contributed by atoms with Crippen LogP contribution in [0.25, 0.3) is 0 Å². The van der Waals surface area contributed by atoms with E-state index in [-0.39, 0.29) is 0 Å². The van der Waals surface area contributed by atoms with E-state index in [1.807, 2.05) is 48.0 Å². The summed E-state index contributed by atoms with van der Waals surface area (Å²) in [5.74, 6) is 0.662. The monoisotopic (exact) mass is 306 g/mol. The van der Waals surface area contributed by atoms with Crippen LogP contribution in [0.1, 0.15) is 36.4 Å². The zero-order chi connectivity index (χ0) is 16.3. The van der Waals surface area contributed by atoms with Gasteiger partial charge in [-0.05, 0) is 30.0 Å². The number of aromatic nitrogens is 2. The Labute approximate surface area is 137 Å². The van der Waals surface area contributed by atoms with E-state index in [4.69, 9.17) is 0 Å². The van der Waals surface area contributed by atoms with Crippen molar-refractivity contribution >= 4 is 0 Å². The second-order valence-corrected chi connectivity index (χ2v) is 5.99. The van der Waals surface area contributed by atoms with Gasteiger partial charge in [-0.15, -0.1) is 0 Å². The minimum Gasteiger partial charge on any atom is -0.377 e. The van der Waals surface area contributed by atoms with Gasteiger partial charge in [-0.3, -0.25) is 0 Å². The molecule has 0 bridgehead atoms. The fraction of sp³-hybridized carbons (Fsp3) is 0.250. The lowest BCUT2D eigenvalue weighted by Crippen LogP contribution is -2.28. The molecule has 3 nitrogen and oxygen atoms in total. The number of hydrogen-bond donors (Lipinski definition) is 1. The third-order valence-electron chi connectivity index (χ3n) is 4.24. The molecular weight excluding hydrogens is 284 g/mol. The van der Waals surface area contributed by atoms with Gasteiger partial charge in [-0.2, -0.15) is 0 Å². The summed E-state index contributed by atoms with van der Waals surface area (Å²) in [7, 11) is 0. The molecule has 0 aliphatic heterocycles. The van der Waals surface area contributed by atoms with Gasteiger partial charge < -0.3 is 9.67 Å². The van der Waals surface area contributed by atoms with Gasteiger partial charge in [0.1, 0.15) is 11.4 Å². The molecule has 118 valence electrons. The molecule has 1 aromatic heterocycles. The first kappa shape index (κ1) is 15.5. The molecule has 0 spiro atoms. The van der Waals surface area contributed by atoms with Crippen molar-refractivity contribution < 1.29 is 5.11 Å². The van der Waals surface area contributed by atoms with Crippen LogP contribution in [0.3, 0.4) is 0 Å². The number of aliphatic hydroxyl groups is 1. The second-order valence-electron chi connectivity index (χ2n) is 5.99. The molecule has 1 heterocycles. The Hall–Kier alpha value is -2.39. The van der Waals surface area contributed by atoms with Crippen LogP contribution < -0.4 is 0 Å². The van der Waals surface area contributed by atoms with Crippen molar-refractivity contribution in [2.24, 2.45) is 0 Å². The summed E-state index contributed by atoms with van der Waals surface area (Å²) in [6.45, 7) is 4.62. The van der Waals surface area contributed by atoms with E-state index >= 15 is 0 Å². The number of nitrogens with zero attached hydrogens (tertiary/aromatic N) is 2. The lowest BCUT2D eigenvalue weighted by molar-refractivity contribution is 0.0884. The van der Waals surface area contributed by atoms with Gasteiger partial charge in [0, 0.05) is 18.9 Å².